The monoisotopic (exact) mass is 229 g/mol. The Balaban J connectivity index is 2.66. The van der Waals surface area contributed by atoms with Gasteiger partial charge in [-0.1, -0.05) is 11.6 Å². The van der Waals surface area contributed by atoms with Gasteiger partial charge in [-0.2, -0.15) is 0 Å². The number of carbonyl (C=O) groups is 1. The van der Waals surface area contributed by atoms with E-state index in [1.807, 2.05) is 0 Å². The van der Waals surface area contributed by atoms with Crippen LogP contribution in [0.1, 0.15) is 5.56 Å². The number of hydrogen-bond donors (Lipinski definition) is 1. The summed E-state index contributed by atoms with van der Waals surface area (Å²) in [6.45, 7) is 0.205. The minimum atomic E-state index is -0.431. The molecule has 1 aromatic carbocycles. The summed E-state index contributed by atoms with van der Waals surface area (Å²) in [6.07, 6.45) is 0. The van der Waals surface area contributed by atoms with Crippen LogP contribution in [0.4, 0.5) is 0 Å². The highest BCUT2D eigenvalue weighted by Crippen LogP contribution is 2.21. The molecule has 0 aliphatic heterocycles. The lowest BCUT2D eigenvalue weighted by Crippen LogP contribution is -2.12. The van der Waals surface area contributed by atoms with Gasteiger partial charge in [-0.05, 0) is 23.8 Å². The van der Waals surface area contributed by atoms with E-state index in [9.17, 15) is 4.79 Å². The van der Waals surface area contributed by atoms with Crippen molar-refractivity contribution >= 4 is 17.6 Å². The average molecular weight is 230 g/mol. The van der Waals surface area contributed by atoms with Gasteiger partial charge in [0.15, 0.2) is 6.61 Å². The van der Waals surface area contributed by atoms with Gasteiger partial charge in [-0.3, -0.25) is 0 Å². The molecule has 1 rings (SSSR count). The van der Waals surface area contributed by atoms with E-state index in [1.165, 1.54) is 7.11 Å². The quantitative estimate of drug-likeness (QED) is 0.792. The van der Waals surface area contributed by atoms with E-state index in [0.717, 1.165) is 5.56 Å². The summed E-state index contributed by atoms with van der Waals surface area (Å²) in [5, 5.41) is 0.586. The molecule has 5 heteroatoms. The number of benzene rings is 1. The number of ether oxygens (including phenoxy) is 2. The standard InChI is InChI=1S/C10H12ClNO3/c1-14-10(13)6-15-8-2-3-9(11)7(4-8)5-12/h2-4H,5-6,12H2,1H3. The molecular formula is C10H12ClNO3. The van der Waals surface area contributed by atoms with E-state index in [4.69, 9.17) is 22.1 Å². The third-order valence-corrected chi connectivity index (χ3v) is 2.19. The molecule has 0 aliphatic rings. The van der Waals surface area contributed by atoms with Gasteiger partial charge in [0, 0.05) is 11.6 Å². The molecule has 0 saturated heterocycles. The maximum atomic E-state index is 10.8. The van der Waals surface area contributed by atoms with Gasteiger partial charge in [0.1, 0.15) is 5.75 Å². The van der Waals surface area contributed by atoms with Gasteiger partial charge in [0.2, 0.25) is 0 Å². The van der Waals surface area contributed by atoms with E-state index in [-0.39, 0.29) is 6.61 Å². The van der Waals surface area contributed by atoms with E-state index < -0.39 is 5.97 Å². The Morgan fingerprint density at radius 2 is 2.27 bits per heavy atom. The molecular weight excluding hydrogens is 218 g/mol. The highest BCUT2D eigenvalue weighted by atomic mass is 35.5. The lowest BCUT2D eigenvalue weighted by Gasteiger charge is -2.07. The van der Waals surface area contributed by atoms with Crippen LogP contribution in [0.2, 0.25) is 5.02 Å². The number of esters is 1. The van der Waals surface area contributed by atoms with Gasteiger partial charge in [0.05, 0.1) is 7.11 Å². The number of nitrogens with two attached hydrogens (primary N) is 1. The molecule has 0 aliphatic carbocycles. The molecule has 0 unspecified atom stereocenters. The van der Waals surface area contributed by atoms with Crippen molar-refractivity contribution in [3.8, 4) is 5.75 Å². The van der Waals surface area contributed by atoms with Crippen LogP contribution in [-0.4, -0.2) is 19.7 Å². The Morgan fingerprint density at radius 3 is 2.87 bits per heavy atom. The van der Waals surface area contributed by atoms with Gasteiger partial charge in [-0.25, -0.2) is 4.79 Å². The van der Waals surface area contributed by atoms with E-state index in [0.29, 0.717) is 17.3 Å². The molecule has 0 aromatic heterocycles. The first kappa shape index (κ1) is 11.8. The molecule has 2 N–H and O–H groups in total. The molecule has 4 nitrogen and oxygen atoms in total. The minimum Gasteiger partial charge on any atom is -0.482 e. The second kappa shape index (κ2) is 5.58. The molecule has 0 spiro atoms. The molecule has 0 heterocycles. The van der Waals surface area contributed by atoms with Crippen molar-refractivity contribution in [2.45, 2.75) is 6.54 Å². The number of carbonyl (C=O) groups excluding carboxylic acids is 1. The maximum absolute atomic E-state index is 10.8. The molecule has 0 fully saturated rings. The topological polar surface area (TPSA) is 61.5 Å². The van der Waals surface area contributed by atoms with E-state index >= 15 is 0 Å². The number of rotatable bonds is 4. The van der Waals surface area contributed by atoms with Crippen LogP contribution in [0.5, 0.6) is 5.75 Å². The van der Waals surface area contributed by atoms with Crippen molar-refractivity contribution < 1.29 is 14.3 Å². The second-order valence-electron chi connectivity index (χ2n) is 2.82. The van der Waals surface area contributed by atoms with Gasteiger partial charge >= 0.3 is 5.97 Å². The van der Waals surface area contributed by atoms with Crippen LogP contribution < -0.4 is 10.5 Å². The normalized spacial score (nSPS) is 9.80. The fraction of sp³-hybridized carbons (Fsp3) is 0.300. The molecule has 0 saturated carbocycles. The van der Waals surface area contributed by atoms with Crippen LogP contribution in [0.3, 0.4) is 0 Å². The van der Waals surface area contributed by atoms with E-state index in [1.54, 1.807) is 18.2 Å². The summed E-state index contributed by atoms with van der Waals surface area (Å²) in [5.41, 5.74) is 6.25. The summed E-state index contributed by atoms with van der Waals surface area (Å²) in [7, 11) is 1.30. The number of hydrogen-bond acceptors (Lipinski definition) is 4. The fourth-order valence-electron chi connectivity index (χ4n) is 0.999. The molecule has 0 radical (unpaired) electrons. The van der Waals surface area contributed by atoms with Crippen molar-refractivity contribution in [2.75, 3.05) is 13.7 Å². The summed E-state index contributed by atoms with van der Waals surface area (Å²) < 4.78 is 9.60. The van der Waals surface area contributed by atoms with Crippen LogP contribution >= 0.6 is 11.6 Å². The van der Waals surface area contributed by atoms with E-state index in [2.05, 4.69) is 4.74 Å². The van der Waals surface area contributed by atoms with Crippen molar-refractivity contribution in [2.24, 2.45) is 5.73 Å². The Labute approximate surface area is 92.9 Å². The summed E-state index contributed by atoms with van der Waals surface area (Å²) in [6, 6.07) is 5.05. The molecule has 0 amide bonds. The Bertz CT molecular complexity index is 355. The molecule has 0 atom stereocenters. The first-order valence-corrected chi connectivity index (χ1v) is 4.73. The summed E-state index contributed by atoms with van der Waals surface area (Å²) in [4.78, 5) is 10.8. The molecule has 0 bridgehead atoms. The van der Waals surface area contributed by atoms with Crippen molar-refractivity contribution in [3.63, 3.8) is 0 Å². The van der Waals surface area contributed by atoms with Crippen LogP contribution in [0.25, 0.3) is 0 Å². The van der Waals surface area contributed by atoms with Gasteiger partial charge < -0.3 is 15.2 Å². The number of methoxy groups -OCH3 is 1. The smallest absolute Gasteiger partial charge is 0.343 e. The Kier molecular flexibility index (Phi) is 4.39. The molecule has 15 heavy (non-hydrogen) atoms. The zero-order valence-electron chi connectivity index (χ0n) is 8.33. The number of halogens is 1. The fourth-order valence-corrected chi connectivity index (χ4v) is 1.19. The largest absolute Gasteiger partial charge is 0.482 e. The predicted molar refractivity (Wildman–Crippen MR) is 56.9 cm³/mol. The van der Waals surface area contributed by atoms with Crippen molar-refractivity contribution in [1.82, 2.24) is 0 Å². The zero-order valence-corrected chi connectivity index (χ0v) is 9.08. The molecule has 1 aromatic rings. The Morgan fingerprint density at radius 1 is 1.53 bits per heavy atom. The highest BCUT2D eigenvalue weighted by Gasteiger charge is 2.04. The third kappa shape index (κ3) is 3.42. The first-order valence-electron chi connectivity index (χ1n) is 4.35. The van der Waals surface area contributed by atoms with Crippen LogP contribution in [0.15, 0.2) is 18.2 Å². The van der Waals surface area contributed by atoms with Gasteiger partial charge in [0.25, 0.3) is 0 Å². The molecule has 82 valence electrons. The Hall–Kier alpha value is -1.26. The lowest BCUT2D eigenvalue weighted by molar-refractivity contribution is -0.142. The van der Waals surface area contributed by atoms with Crippen molar-refractivity contribution in [3.05, 3.63) is 28.8 Å². The lowest BCUT2D eigenvalue weighted by atomic mass is 10.2. The van der Waals surface area contributed by atoms with Gasteiger partial charge in [-0.15, -0.1) is 0 Å². The maximum Gasteiger partial charge on any atom is 0.343 e. The third-order valence-electron chi connectivity index (χ3n) is 1.82. The predicted octanol–water partition coefficient (Wildman–Crippen LogP) is 1.35. The van der Waals surface area contributed by atoms with Crippen LogP contribution in [0, 0.1) is 0 Å². The van der Waals surface area contributed by atoms with Crippen molar-refractivity contribution in [1.29, 1.82) is 0 Å². The second-order valence-corrected chi connectivity index (χ2v) is 3.23. The van der Waals surface area contributed by atoms with Crippen LogP contribution in [-0.2, 0) is 16.1 Å². The summed E-state index contributed by atoms with van der Waals surface area (Å²) in [5.74, 6) is 0.115. The highest BCUT2D eigenvalue weighted by molar-refractivity contribution is 6.31. The SMILES string of the molecule is COC(=O)COc1ccc(Cl)c(CN)c1. The minimum absolute atomic E-state index is 0.123. The first-order chi connectivity index (χ1) is 7.17. The summed E-state index contributed by atoms with van der Waals surface area (Å²) >= 11 is 5.86. The average Bonchev–Trinajstić information content (AvgIpc) is 2.27. The zero-order chi connectivity index (χ0) is 11.3.